The van der Waals surface area contributed by atoms with Crippen molar-refractivity contribution < 1.29 is 18.0 Å². The predicted molar refractivity (Wildman–Crippen MR) is 81.7 cm³/mol. The predicted octanol–water partition coefficient (Wildman–Crippen LogP) is 4.67. The van der Waals surface area contributed by atoms with Crippen molar-refractivity contribution in [2.75, 3.05) is 0 Å². The van der Waals surface area contributed by atoms with Crippen molar-refractivity contribution >= 4 is 12.0 Å². The third kappa shape index (κ3) is 4.09. The van der Waals surface area contributed by atoms with Crippen LogP contribution in [0.2, 0.25) is 0 Å². The lowest BCUT2D eigenvalue weighted by Gasteiger charge is -2.22. The van der Waals surface area contributed by atoms with Crippen LogP contribution in [0.5, 0.6) is 0 Å². The van der Waals surface area contributed by atoms with Gasteiger partial charge >= 0.3 is 6.18 Å². The fourth-order valence-corrected chi connectivity index (χ4v) is 2.05. The van der Waals surface area contributed by atoms with Crippen molar-refractivity contribution in [1.82, 2.24) is 9.55 Å². The lowest BCUT2D eigenvalue weighted by atomic mass is 9.84. The summed E-state index contributed by atoms with van der Waals surface area (Å²) in [5.41, 5.74) is -0.163. The number of hydrogen-bond donors (Lipinski definition) is 0. The van der Waals surface area contributed by atoms with Crippen molar-refractivity contribution in [2.45, 2.75) is 26.9 Å². The van der Waals surface area contributed by atoms with Crippen molar-refractivity contribution in [3.8, 4) is 0 Å². The minimum atomic E-state index is -4.37. The zero-order chi connectivity index (χ0) is 17.3. The van der Waals surface area contributed by atoms with Gasteiger partial charge in [-0.1, -0.05) is 32.9 Å². The molecular formula is C17H17F3N2O. The molecule has 122 valence electrons. The largest absolute Gasteiger partial charge is 0.416 e. The Morgan fingerprint density at radius 1 is 1.13 bits per heavy atom. The van der Waals surface area contributed by atoms with Crippen LogP contribution >= 0.6 is 0 Å². The molecule has 0 aliphatic rings. The van der Waals surface area contributed by atoms with Crippen molar-refractivity contribution in [2.24, 2.45) is 5.41 Å². The first-order valence-corrected chi connectivity index (χ1v) is 7.01. The van der Waals surface area contributed by atoms with Crippen LogP contribution < -0.4 is 0 Å². The SMILES string of the molecule is CC(C)(C)/C(=C/c1ccc(C(F)(F)F)cc1)C(=O)n1ccnc1. The number of aromatic nitrogens is 2. The second kappa shape index (κ2) is 6.02. The summed E-state index contributed by atoms with van der Waals surface area (Å²) < 4.78 is 39.2. The molecule has 3 nitrogen and oxygen atoms in total. The van der Waals surface area contributed by atoms with Gasteiger partial charge in [-0.2, -0.15) is 13.2 Å². The Bertz CT molecular complexity index is 706. The van der Waals surface area contributed by atoms with Gasteiger partial charge in [-0.25, -0.2) is 4.98 Å². The molecule has 23 heavy (non-hydrogen) atoms. The van der Waals surface area contributed by atoms with E-state index in [1.807, 2.05) is 20.8 Å². The fraction of sp³-hybridized carbons (Fsp3) is 0.294. The van der Waals surface area contributed by atoms with Gasteiger partial charge in [-0.3, -0.25) is 9.36 Å². The second-order valence-corrected chi connectivity index (χ2v) is 6.20. The summed E-state index contributed by atoms with van der Waals surface area (Å²) in [6.07, 6.45) is 1.67. The van der Waals surface area contributed by atoms with Crippen LogP contribution in [-0.2, 0) is 6.18 Å². The first kappa shape index (κ1) is 17.0. The summed E-state index contributed by atoms with van der Waals surface area (Å²) in [5.74, 6) is -0.255. The van der Waals surface area contributed by atoms with Crippen LogP contribution in [0.25, 0.3) is 6.08 Å². The number of nitrogens with zero attached hydrogens (tertiary/aromatic N) is 2. The number of imidazole rings is 1. The van der Waals surface area contributed by atoms with E-state index in [1.54, 1.807) is 6.08 Å². The molecule has 6 heteroatoms. The molecule has 2 aromatic rings. The van der Waals surface area contributed by atoms with E-state index in [0.29, 0.717) is 11.1 Å². The molecule has 2 rings (SSSR count). The van der Waals surface area contributed by atoms with Crippen LogP contribution in [0.15, 0.2) is 48.6 Å². The van der Waals surface area contributed by atoms with Gasteiger partial charge in [0.15, 0.2) is 0 Å². The fourth-order valence-electron chi connectivity index (χ4n) is 2.05. The Kier molecular flexibility index (Phi) is 4.45. The minimum Gasteiger partial charge on any atom is -0.273 e. The van der Waals surface area contributed by atoms with Gasteiger partial charge in [0.05, 0.1) is 5.56 Å². The average Bonchev–Trinajstić information content (AvgIpc) is 2.96. The zero-order valence-electron chi connectivity index (χ0n) is 13.1. The van der Waals surface area contributed by atoms with E-state index in [4.69, 9.17) is 0 Å². The molecule has 0 saturated heterocycles. The first-order chi connectivity index (χ1) is 10.6. The van der Waals surface area contributed by atoms with Gasteiger partial charge in [0.1, 0.15) is 6.33 Å². The van der Waals surface area contributed by atoms with Crippen LogP contribution in [0, 0.1) is 5.41 Å². The van der Waals surface area contributed by atoms with Crippen molar-refractivity contribution in [3.05, 3.63) is 59.7 Å². The molecular weight excluding hydrogens is 305 g/mol. The summed E-state index contributed by atoms with van der Waals surface area (Å²) in [6.45, 7) is 5.62. The molecule has 0 atom stereocenters. The molecule has 0 spiro atoms. The summed E-state index contributed by atoms with van der Waals surface area (Å²) >= 11 is 0. The monoisotopic (exact) mass is 322 g/mol. The van der Waals surface area contributed by atoms with Gasteiger partial charge in [-0.15, -0.1) is 0 Å². The molecule has 0 amide bonds. The number of carbonyl (C=O) groups is 1. The Morgan fingerprint density at radius 2 is 1.74 bits per heavy atom. The highest BCUT2D eigenvalue weighted by atomic mass is 19.4. The van der Waals surface area contributed by atoms with E-state index in [1.165, 1.54) is 35.4 Å². The van der Waals surface area contributed by atoms with Crippen LogP contribution in [0.4, 0.5) is 13.2 Å². The lowest BCUT2D eigenvalue weighted by molar-refractivity contribution is -0.137. The van der Waals surface area contributed by atoms with E-state index in [9.17, 15) is 18.0 Å². The second-order valence-electron chi connectivity index (χ2n) is 6.20. The number of carbonyl (C=O) groups excluding carboxylic acids is 1. The summed E-state index contributed by atoms with van der Waals surface area (Å²) in [6, 6.07) is 4.73. The number of hydrogen-bond acceptors (Lipinski definition) is 2. The number of benzene rings is 1. The Balaban J connectivity index is 2.40. The molecule has 1 aromatic heterocycles. The maximum atomic E-state index is 12.6. The number of rotatable bonds is 2. The molecule has 0 saturated carbocycles. The molecule has 0 N–H and O–H groups in total. The summed E-state index contributed by atoms with van der Waals surface area (Å²) in [5, 5.41) is 0. The van der Waals surface area contributed by atoms with Gasteiger partial charge in [0, 0.05) is 18.0 Å². The van der Waals surface area contributed by atoms with E-state index in [-0.39, 0.29) is 5.91 Å². The number of alkyl halides is 3. The van der Waals surface area contributed by atoms with E-state index < -0.39 is 17.2 Å². The summed E-state index contributed by atoms with van der Waals surface area (Å²) in [7, 11) is 0. The first-order valence-electron chi connectivity index (χ1n) is 7.01. The van der Waals surface area contributed by atoms with E-state index in [0.717, 1.165) is 12.1 Å². The molecule has 0 radical (unpaired) electrons. The Labute approximate surface area is 132 Å². The smallest absolute Gasteiger partial charge is 0.273 e. The minimum absolute atomic E-state index is 0.255. The molecule has 1 aromatic carbocycles. The quantitative estimate of drug-likeness (QED) is 0.753. The molecule has 0 unspecified atom stereocenters. The maximum absolute atomic E-state index is 12.6. The normalized spacial score (nSPS) is 13.2. The molecule has 0 aliphatic heterocycles. The highest BCUT2D eigenvalue weighted by Crippen LogP contribution is 2.31. The Hall–Kier alpha value is -2.37. The zero-order valence-corrected chi connectivity index (χ0v) is 13.1. The topological polar surface area (TPSA) is 34.9 Å². The molecule has 0 bridgehead atoms. The van der Waals surface area contributed by atoms with Crippen LogP contribution in [0.1, 0.15) is 36.7 Å². The van der Waals surface area contributed by atoms with Gasteiger partial charge in [-0.05, 0) is 29.2 Å². The van der Waals surface area contributed by atoms with Gasteiger partial charge in [0.2, 0.25) is 0 Å². The standard InChI is InChI=1S/C17H17F3N2O/c1-16(2,3)14(15(23)22-9-8-21-11-22)10-12-4-6-13(7-5-12)17(18,19)20/h4-11H,1-3H3/b14-10+. The van der Waals surface area contributed by atoms with Gasteiger partial charge in [0.25, 0.3) is 5.91 Å². The number of halogens is 3. The lowest BCUT2D eigenvalue weighted by Crippen LogP contribution is -2.22. The number of allylic oxidation sites excluding steroid dienone is 1. The van der Waals surface area contributed by atoms with E-state index >= 15 is 0 Å². The van der Waals surface area contributed by atoms with Gasteiger partial charge < -0.3 is 0 Å². The molecule has 0 aliphatic carbocycles. The maximum Gasteiger partial charge on any atom is 0.416 e. The van der Waals surface area contributed by atoms with Crippen LogP contribution in [-0.4, -0.2) is 15.5 Å². The highest BCUT2D eigenvalue weighted by Gasteiger charge is 2.30. The average molecular weight is 322 g/mol. The van der Waals surface area contributed by atoms with Crippen molar-refractivity contribution in [3.63, 3.8) is 0 Å². The molecule has 1 heterocycles. The molecule has 0 fully saturated rings. The van der Waals surface area contributed by atoms with Crippen LogP contribution in [0.3, 0.4) is 0 Å². The summed E-state index contributed by atoms with van der Waals surface area (Å²) in [4.78, 5) is 16.4. The van der Waals surface area contributed by atoms with Crippen molar-refractivity contribution in [1.29, 1.82) is 0 Å². The Morgan fingerprint density at radius 3 is 2.17 bits per heavy atom. The third-order valence-corrected chi connectivity index (χ3v) is 3.33. The highest BCUT2D eigenvalue weighted by molar-refractivity contribution is 6.00. The van der Waals surface area contributed by atoms with E-state index in [2.05, 4.69) is 4.98 Å². The third-order valence-electron chi connectivity index (χ3n) is 3.33.